The molecular weight excluding hydrogens is 445 g/mol. The first-order valence-electron chi connectivity index (χ1n) is 8.66. The van der Waals surface area contributed by atoms with Crippen LogP contribution in [-0.4, -0.2) is 31.8 Å². The zero-order valence-corrected chi connectivity index (χ0v) is 18.1. The van der Waals surface area contributed by atoms with Crippen LogP contribution in [0.15, 0.2) is 41.3 Å². The van der Waals surface area contributed by atoms with Gasteiger partial charge in [-0.2, -0.15) is 4.31 Å². The lowest BCUT2D eigenvalue weighted by Crippen LogP contribution is -2.39. The second-order valence-corrected chi connectivity index (χ2v) is 9.80. The van der Waals surface area contributed by atoms with Gasteiger partial charge in [0.1, 0.15) is 9.92 Å². The molecule has 1 atom stereocenters. The molecule has 0 N–H and O–H groups in total. The molecule has 5 nitrogen and oxygen atoms in total. The highest BCUT2D eigenvalue weighted by molar-refractivity contribution is 7.89. The van der Waals surface area contributed by atoms with Crippen molar-refractivity contribution < 1.29 is 17.9 Å². The molecule has 0 aromatic heterocycles. The highest BCUT2D eigenvalue weighted by Gasteiger charge is 2.31. The maximum atomic E-state index is 13.0. The number of hydrogen-bond donors (Lipinski definition) is 0. The molecule has 1 saturated heterocycles. The molecule has 1 fully saturated rings. The number of esters is 1. The van der Waals surface area contributed by atoms with Gasteiger partial charge in [0, 0.05) is 13.1 Å². The Balaban J connectivity index is 1.90. The number of nitrogens with zero attached hydrogens (tertiary/aromatic N) is 1. The summed E-state index contributed by atoms with van der Waals surface area (Å²) in [7, 11) is -3.82. The standard InChI is InChI=1S/C19H18Cl3NO4S/c1-12-4-3-9-23(11-12)28(25,26)17-10-13(7-8-14(17)20)19(24)27-16-6-2-5-15(21)18(16)22/h2,5-8,10,12H,3-4,9,11H2,1H3/t12-/m0/s1. The minimum Gasteiger partial charge on any atom is -0.421 e. The minimum absolute atomic E-state index is 0.0454. The Bertz CT molecular complexity index is 1010. The molecule has 0 amide bonds. The smallest absolute Gasteiger partial charge is 0.343 e. The molecule has 0 bridgehead atoms. The van der Waals surface area contributed by atoms with E-state index >= 15 is 0 Å². The molecule has 0 aliphatic carbocycles. The fourth-order valence-corrected chi connectivity index (χ4v) is 5.48. The Morgan fingerprint density at radius 3 is 2.61 bits per heavy atom. The maximum absolute atomic E-state index is 13.0. The molecule has 9 heteroatoms. The minimum atomic E-state index is -3.82. The summed E-state index contributed by atoms with van der Waals surface area (Å²) in [5, 5.41) is 0.391. The van der Waals surface area contributed by atoms with Crippen molar-refractivity contribution in [2.24, 2.45) is 5.92 Å². The summed E-state index contributed by atoms with van der Waals surface area (Å²) < 4.78 is 32.8. The van der Waals surface area contributed by atoms with E-state index in [1.165, 1.54) is 28.6 Å². The van der Waals surface area contributed by atoms with Gasteiger partial charge >= 0.3 is 5.97 Å². The van der Waals surface area contributed by atoms with E-state index in [9.17, 15) is 13.2 Å². The highest BCUT2D eigenvalue weighted by atomic mass is 35.5. The van der Waals surface area contributed by atoms with Crippen molar-refractivity contribution in [2.45, 2.75) is 24.7 Å². The predicted molar refractivity (Wildman–Crippen MR) is 110 cm³/mol. The van der Waals surface area contributed by atoms with Gasteiger partial charge in [0.2, 0.25) is 10.0 Å². The van der Waals surface area contributed by atoms with E-state index in [-0.39, 0.29) is 37.2 Å². The third-order valence-corrected chi connectivity index (χ3v) is 7.67. The third kappa shape index (κ3) is 4.47. The van der Waals surface area contributed by atoms with E-state index in [2.05, 4.69) is 0 Å². The molecule has 2 aromatic rings. The van der Waals surface area contributed by atoms with Gasteiger partial charge in [-0.15, -0.1) is 0 Å². The van der Waals surface area contributed by atoms with E-state index in [1.54, 1.807) is 12.1 Å². The van der Waals surface area contributed by atoms with Crippen LogP contribution in [0.4, 0.5) is 0 Å². The Kier molecular flexibility index (Phi) is 6.57. The number of halogens is 3. The molecule has 1 aliphatic heterocycles. The van der Waals surface area contributed by atoms with Crippen molar-refractivity contribution in [3.63, 3.8) is 0 Å². The fourth-order valence-electron chi connectivity index (χ4n) is 3.05. The van der Waals surface area contributed by atoms with Crippen LogP contribution in [-0.2, 0) is 10.0 Å². The molecule has 0 spiro atoms. The van der Waals surface area contributed by atoms with Crippen molar-refractivity contribution in [1.82, 2.24) is 4.31 Å². The van der Waals surface area contributed by atoms with Crippen LogP contribution in [0.3, 0.4) is 0 Å². The summed E-state index contributed by atoms with van der Waals surface area (Å²) in [5.74, 6) is -0.409. The largest absolute Gasteiger partial charge is 0.421 e. The van der Waals surface area contributed by atoms with Gasteiger partial charge in [0.15, 0.2) is 5.75 Å². The van der Waals surface area contributed by atoms with E-state index < -0.39 is 16.0 Å². The van der Waals surface area contributed by atoms with E-state index in [0.29, 0.717) is 13.1 Å². The lowest BCUT2D eigenvalue weighted by molar-refractivity contribution is 0.0734. The molecule has 0 radical (unpaired) electrons. The van der Waals surface area contributed by atoms with Crippen LogP contribution in [0.2, 0.25) is 15.1 Å². The molecule has 1 heterocycles. The summed E-state index contributed by atoms with van der Waals surface area (Å²) in [6, 6.07) is 8.66. The van der Waals surface area contributed by atoms with Gasteiger partial charge in [0.25, 0.3) is 0 Å². The first-order valence-corrected chi connectivity index (χ1v) is 11.2. The molecule has 150 valence electrons. The number of sulfonamides is 1. The molecule has 0 unspecified atom stereocenters. The average Bonchev–Trinajstić information content (AvgIpc) is 2.65. The molecule has 3 rings (SSSR count). The average molecular weight is 463 g/mol. The Morgan fingerprint density at radius 2 is 1.89 bits per heavy atom. The van der Waals surface area contributed by atoms with Crippen molar-refractivity contribution in [2.75, 3.05) is 13.1 Å². The number of rotatable bonds is 4. The zero-order chi connectivity index (χ0) is 20.5. The number of carbonyl (C=O) groups excluding carboxylic acids is 1. The first-order chi connectivity index (χ1) is 13.2. The number of benzene rings is 2. The van der Waals surface area contributed by atoms with Crippen LogP contribution in [0, 0.1) is 5.92 Å². The molecular formula is C19H18Cl3NO4S. The quantitative estimate of drug-likeness (QED) is 0.458. The number of piperidine rings is 1. The van der Waals surface area contributed by atoms with Crippen molar-refractivity contribution in [1.29, 1.82) is 0 Å². The normalized spacial score (nSPS) is 18.1. The summed E-state index contributed by atoms with van der Waals surface area (Å²) in [6.07, 6.45) is 1.76. The monoisotopic (exact) mass is 461 g/mol. The second-order valence-electron chi connectivity index (χ2n) is 6.70. The van der Waals surface area contributed by atoms with E-state index in [0.717, 1.165) is 12.8 Å². The zero-order valence-electron chi connectivity index (χ0n) is 15.0. The van der Waals surface area contributed by atoms with Crippen LogP contribution >= 0.6 is 34.8 Å². The summed E-state index contributed by atoms with van der Waals surface area (Å²) >= 11 is 18.1. The summed E-state index contributed by atoms with van der Waals surface area (Å²) in [6.45, 7) is 2.85. The molecule has 1 aliphatic rings. The number of hydrogen-bond acceptors (Lipinski definition) is 4. The Hall–Kier alpha value is -1.31. The van der Waals surface area contributed by atoms with Crippen LogP contribution < -0.4 is 4.74 Å². The fraction of sp³-hybridized carbons (Fsp3) is 0.316. The van der Waals surface area contributed by atoms with Gasteiger partial charge in [-0.3, -0.25) is 0 Å². The third-order valence-electron chi connectivity index (χ3n) is 4.52. The second kappa shape index (κ2) is 8.59. The maximum Gasteiger partial charge on any atom is 0.343 e. The van der Waals surface area contributed by atoms with Gasteiger partial charge in [-0.25, -0.2) is 13.2 Å². The van der Waals surface area contributed by atoms with Crippen molar-refractivity contribution in [3.05, 3.63) is 57.0 Å². The van der Waals surface area contributed by atoms with Gasteiger partial charge in [-0.05, 0) is 49.1 Å². The van der Waals surface area contributed by atoms with Crippen molar-refractivity contribution >= 4 is 50.8 Å². The highest BCUT2D eigenvalue weighted by Crippen LogP contribution is 2.33. The molecule has 28 heavy (non-hydrogen) atoms. The summed E-state index contributed by atoms with van der Waals surface area (Å²) in [5.41, 5.74) is 0.0454. The van der Waals surface area contributed by atoms with Crippen LogP contribution in [0.1, 0.15) is 30.1 Å². The Morgan fingerprint density at radius 1 is 1.14 bits per heavy atom. The lowest BCUT2D eigenvalue weighted by atomic mass is 10.0. The van der Waals surface area contributed by atoms with Gasteiger partial charge < -0.3 is 4.74 Å². The SMILES string of the molecule is C[C@H]1CCCN(S(=O)(=O)c2cc(C(=O)Oc3cccc(Cl)c3Cl)ccc2Cl)C1. The van der Waals surface area contributed by atoms with E-state index in [1.807, 2.05) is 6.92 Å². The van der Waals surface area contributed by atoms with Crippen LogP contribution in [0.25, 0.3) is 0 Å². The van der Waals surface area contributed by atoms with Gasteiger partial charge in [0.05, 0.1) is 15.6 Å². The van der Waals surface area contributed by atoms with Crippen LogP contribution in [0.5, 0.6) is 5.75 Å². The first kappa shape index (κ1) is 21.4. The van der Waals surface area contributed by atoms with E-state index in [4.69, 9.17) is 39.5 Å². The van der Waals surface area contributed by atoms with Crippen molar-refractivity contribution in [3.8, 4) is 5.75 Å². The molecule has 0 saturated carbocycles. The Labute approximate surface area is 179 Å². The summed E-state index contributed by atoms with van der Waals surface area (Å²) in [4.78, 5) is 12.4. The number of ether oxygens (including phenoxy) is 1. The topological polar surface area (TPSA) is 63.7 Å². The number of carbonyl (C=O) groups is 1. The molecule has 2 aromatic carbocycles. The van der Waals surface area contributed by atoms with Gasteiger partial charge in [-0.1, -0.05) is 47.8 Å². The predicted octanol–water partition coefficient (Wildman–Crippen LogP) is 5.29. The lowest BCUT2D eigenvalue weighted by Gasteiger charge is -2.30.